The topological polar surface area (TPSA) is 83.6 Å². The first-order valence-corrected chi connectivity index (χ1v) is 19.1. The van der Waals surface area contributed by atoms with E-state index in [-0.39, 0.29) is 18.4 Å². The maximum Gasteiger partial charge on any atom is 0.410 e. The Morgan fingerprint density at radius 2 is 1.78 bits per heavy atom. The van der Waals surface area contributed by atoms with Gasteiger partial charge in [-0.15, -0.1) is 5.54 Å². The van der Waals surface area contributed by atoms with Crippen LogP contribution in [0.2, 0.25) is 16.6 Å². The van der Waals surface area contributed by atoms with Crippen LogP contribution in [0.15, 0.2) is 24.4 Å². The summed E-state index contributed by atoms with van der Waals surface area (Å²) in [5, 5.41) is 10.7. The van der Waals surface area contributed by atoms with E-state index in [0.717, 1.165) is 53.6 Å². The second-order valence-electron chi connectivity index (χ2n) is 14.8. The van der Waals surface area contributed by atoms with Gasteiger partial charge in [0.2, 0.25) is 5.88 Å². The molecule has 1 aromatic carbocycles. The number of likely N-dealkylation sites (N-methyl/N-ethyl adjacent to an activating group) is 1. The third-order valence-corrected chi connectivity index (χ3v) is 15.4. The van der Waals surface area contributed by atoms with Crippen molar-refractivity contribution in [3.05, 3.63) is 30.1 Å². The van der Waals surface area contributed by atoms with Crippen LogP contribution in [0.5, 0.6) is 5.88 Å². The van der Waals surface area contributed by atoms with Crippen LogP contribution in [-0.4, -0.2) is 70.5 Å². The molecule has 0 bridgehead atoms. The first-order valence-electron chi connectivity index (χ1n) is 16.8. The van der Waals surface area contributed by atoms with Gasteiger partial charge in [0.15, 0.2) is 6.23 Å². The molecule has 0 radical (unpaired) electrons. The monoisotopic (exact) mass is 649 g/mol. The highest BCUT2D eigenvalue weighted by Gasteiger charge is 2.42. The lowest BCUT2D eigenvalue weighted by atomic mass is 10.1. The molecule has 9 nitrogen and oxygen atoms in total. The lowest BCUT2D eigenvalue weighted by molar-refractivity contribution is -0.0367. The number of aromatic nitrogens is 4. The van der Waals surface area contributed by atoms with Crippen molar-refractivity contribution in [2.24, 2.45) is 7.05 Å². The standard InChI is InChI=1S/C36H55N5O4Si/c1-24(2)46(25(3)4,26(5)6)20-18-31-29-21-28(16-17-32(29)41(38-31)33-15-13-14-19-43-33)30-22-37-40(12)34(30)44-27(7)23-39(11)35(42)45-36(8,9)10/h16-17,21-22,24-27,33H,13-15,19,23H2,1-12H3. The third kappa shape index (κ3) is 7.63. The fraction of sp³-hybridized carbons (Fsp3) is 0.639. The molecule has 1 aliphatic heterocycles. The van der Waals surface area contributed by atoms with Crippen molar-refractivity contribution in [1.29, 1.82) is 0 Å². The Labute approximate surface area is 277 Å². The number of hydrogen-bond donors (Lipinski definition) is 0. The van der Waals surface area contributed by atoms with Crippen molar-refractivity contribution in [3.8, 4) is 28.5 Å². The SMILES string of the molecule is CC(CN(C)C(=O)OC(C)(C)C)Oc1c(-c2ccc3c(c2)c(C#C[Si](C(C)C)(C(C)C)C(C)C)nn3C2CCCCO2)cnn1C. The quantitative estimate of drug-likeness (QED) is 0.171. The number of carbonyl (C=O) groups excluding carboxylic acids is 1. The van der Waals surface area contributed by atoms with E-state index in [1.807, 2.05) is 45.6 Å². The van der Waals surface area contributed by atoms with Crippen LogP contribution in [0.25, 0.3) is 22.0 Å². The van der Waals surface area contributed by atoms with Crippen molar-refractivity contribution < 1.29 is 19.0 Å². The van der Waals surface area contributed by atoms with Gasteiger partial charge < -0.3 is 19.1 Å². The molecule has 2 unspecified atom stereocenters. The van der Waals surface area contributed by atoms with Gasteiger partial charge in [-0.05, 0) is 81.3 Å². The van der Waals surface area contributed by atoms with Gasteiger partial charge in [0.25, 0.3) is 0 Å². The number of amides is 1. The number of rotatable bonds is 9. The molecule has 1 amide bonds. The van der Waals surface area contributed by atoms with Crippen LogP contribution in [-0.2, 0) is 16.5 Å². The molecule has 46 heavy (non-hydrogen) atoms. The van der Waals surface area contributed by atoms with E-state index in [0.29, 0.717) is 29.0 Å². The summed E-state index contributed by atoms with van der Waals surface area (Å²) in [5.41, 5.74) is 8.55. The summed E-state index contributed by atoms with van der Waals surface area (Å²) >= 11 is 0. The average molecular weight is 650 g/mol. The molecular formula is C36H55N5O4Si. The van der Waals surface area contributed by atoms with Crippen molar-refractivity contribution in [1.82, 2.24) is 24.5 Å². The molecule has 252 valence electrons. The molecule has 1 fully saturated rings. The number of hydrogen-bond acceptors (Lipinski definition) is 6. The zero-order valence-corrected chi connectivity index (χ0v) is 31.1. The Balaban J connectivity index is 1.74. The summed E-state index contributed by atoms with van der Waals surface area (Å²) in [5.74, 6) is 4.26. The van der Waals surface area contributed by atoms with Crippen LogP contribution in [0.1, 0.15) is 100 Å². The molecule has 3 heterocycles. The molecule has 1 saturated heterocycles. The zero-order valence-electron chi connectivity index (χ0n) is 30.1. The van der Waals surface area contributed by atoms with Crippen molar-refractivity contribution >= 4 is 25.1 Å². The number of nitrogens with zero attached hydrogens (tertiary/aromatic N) is 5. The van der Waals surface area contributed by atoms with E-state index >= 15 is 0 Å². The first-order chi connectivity index (χ1) is 21.5. The molecule has 3 aromatic rings. The number of carbonyl (C=O) groups is 1. The van der Waals surface area contributed by atoms with E-state index < -0.39 is 13.7 Å². The van der Waals surface area contributed by atoms with Crippen LogP contribution < -0.4 is 4.74 Å². The predicted molar refractivity (Wildman–Crippen MR) is 188 cm³/mol. The maximum absolute atomic E-state index is 12.6. The summed E-state index contributed by atoms with van der Waals surface area (Å²) in [6.45, 7) is 22.6. The highest BCUT2D eigenvalue weighted by Crippen LogP contribution is 2.41. The van der Waals surface area contributed by atoms with Gasteiger partial charge >= 0.3 is 6.09 Å². The summed E-state index contributed by atoms with van der Waals surface area (Å²) in [6, 6.07) is 6.38. The third-order valence-electron chi connectivity index (χ3n) is 9.14. The van der Waals surface area contributed by atoms with Crippen LogP contribution in [0.4, 0.5) is 4.79 Å². The highest BCUT2D eigenvalue weighted by molar-refractivity contribution is 6.90. The minimum Gasteiger partial charge on any atom is -0.472 e. The Morgan fingerprint density at radius 1 is 1.11 bits per heavy atom. The van der Waals surface area contributed by atoms with Crippen molar-refractivity contribution in [3.63, 3.8) is 0 Å². The normalized spacial score (nSPS) is 16.5. The summed E-state index contributed by atoms with van der Waals surface area (Å²) in [7, 11) is 1.61. The van der Waals surface area contributed by atoms with Crippen LogP contribution in [0.3, 0.4) is 0 Å². The van der Waals surface area contributed by atoms with Crippen LogP contribution in [0, 0.1) is 11.5 Å². The average Bonchev–Trinajstić information content (AvgIpc) is 3.51. The molecule has 2 aromatic heterocycles. The molecule has 1 aliphatic rings. The Bertz CT molecular complexity index is 1540. The van der Waals surface area contributed by atoms with Gasteiger partial charge in [-0.1, -0.05) is 53.5 Å². The molecule has 0 saturated carbocycles. The molecule has 10 heteroatoms. The predicted octanol–water partition coefficient (Wildman–Crippen LogP) is 8.34. The fourth-order valence-electron chi connectivity index (χ4n) is 6.93. The van der Waals surface area contributed by atoms with E-state index in [9.17, 15) is 4.79 Å². The van der Waals surface area contributed by atoms with Crippen molar-refractivity contribution in [2.75, 3.05) is 20.2 Å². The minimum atomic E-state index is -1.98. The van der Waals surface area contributed by atoms with Gasteiger partial charge in [-0.2, -0.15) is 10.2 Å². The Hall–Kier alpha value is -3.29. The molecule has 0 N–H and O–H groups in total. The second-order valence-corrected chi connectivity index (χ2v) is 20.3. The first kappa shape index (κ1) is 35.6. The summed E-state index contributed by atoms with van der Waals surface area (Å²) in [6.07, 6.45) is 4.18. The van der Waals surface area contributed by atoms with E-state index in [1.165, 1.54) is 0 Å². The lowest BCUT2D eigenvalue weighted by Crippen LogP contribution is -2.43. The Kier molecular flexibility index (Phi) is 11.0. The molecular weight excluding hydrogens is 595 g/mol. The lowest BCUT2D eigenvalue weighted by Gasteiger charge is -2.38. The number of aryl methyl sites for hydroxylation is 1. The number of benzene rings is 1. The largest absolute Gasteiger partial charge is 0.472 e. The summed E-state index contributed by atoms with van der Waals surface area (Å²) in [4.78, 5) is 14.1. The second kappa shape index (κ2) is 14.2. The van der Waals surface area contributed by atoms with Gasteiger partial charge in [0.1, 0.15) is 25.5 Å². The molecule has 0 spiro atoms. The van der Waals surface area contributed by atoms with E-state index in [1.54, 1.807) is 16.6 Å². The molecule has 0 aliphatic carbocycles. The molecule has 2 atom stereocenters. The van der Waals surface area contributed by atoms with Gasteiger partial charge in [0, 0.05) is 26.1 Å². The number of fused-ring (bicyclic) bond motifs is 1. The smallest absolute Gasteiger partial charge is 0.410 e. The summed E-state index contributed by atoms with van der Waals surface area (Å²) < 4.78 is 21.9. The Morgan fingerprint density at radius 3 is 2.37 bits per heavy atom. The van der Waals surface area contributed by atoms with Gasteiger partial charge in [-0.25, -0.2) is 14.2 Å². The molecule has 4 rings (SSSR count). The minimum absolute atomic E-state index is 0.0972. The van der Waals surface area contributed by atoms with Crippen LogP contribution >= 0.6 is 0 Å². The number of ether oxygens (including phenoxy) is 3. The maximum atomic E-state index is 12.6. The highest BCUT2D eigenvalue weighted by atomic mass is 28.3. The fourth-order valence-corrected chi connectivity index (χ4v) is 12.1. The van der Waals surface area contributed by atoms with E-state index in [4.69, 9.17) is 19.3 Å². The van der Waals surface area contributed by atoms with Gasteiger partial charge in [0.05, 0.1) is 23.8 Å². The van der Waals surface area contributed by atoms with E-state index in [2.05, 4.69) is 76.3 Å². The zero-order chi connectivity index (χ0) is 34.0. The van der Waals surface area contributed by atoms with Crippen molar-refractivity contribution in [2.45, 2.75) is 123 Å². The van der Waals surface area contributed by atoms with Gasteiger partial charge in [-0.3, -0.25) is 0 Å².